The Bertz CT molecular complexity index is 579. The van der Waals surface area contributed by atoms with Crippen molar-refractivity contribution in [3.05, 3.63) is 27.6 Å². The molecule has 0 amide bonds. The topological polar surface area (TPSA) is 57.8 Å². The summed E-state index contributed by atoms with van der Waals surface area (Å²) in [6.07, 6.45) is 1.13. The van der Waals surface area contributed by atoms with Crippen LogP contribution in [0.3, 0.4) is 0 Å². The summed E-state index contributed by atoms with van der Waals surface area (Å²) in [5.41, 5.74) is 0.755. The molecule has 0 bridgehead atoms. The van der Waals surface area contributed by atoms with E-state index in [0.717, 1.165) is 23.4 Å². The van der Waals surface area contributed by atoms with Crippen LogP contribution in [0.1, 0.15) is 26.1 Å². The van der Waals surface area contributed by atoms with E-state index in [1.807, 2.05) is 23.2 Å². The fourth-order valence-corrected chi connectivity index (χ4v) is 3.32. The molecule has 0 aliphatic heterocycles. The molecule has 0 saturated heterocycles. The minimum absolute atomic E-state index is 0.0361. The van der Waals surface area contributed by atoms with Crippen LogP contribution in [0.15, 0.2) is 16.2 Å². The fourth-order valence-electron chi connectivity index (χ4n) is 1.78. The zero-order chi connectivity index (χ0) is 13.7. The van der Waals surface area contributed by atoms with Gasteiger partial charge in [-0.05, 0) is 36.3 Å². The highest BCUT2D eigenvalue weighted by Gasteiger charge is 2.06. The molecule has 0 aliphatic rings. The van der Waals surface area contributed by atoms with Gasteiger partial charge >= 0.3 is 0 Å². The Hall–Kier alpha value is -0.850. The van der Waals surface area contributed by atoms with Gasteiger partial charge in [0.05, 0.1) is 12.1 Å². The van der Waals surface area contributed by atoms with Crippen LogP contribution in [0.5, 0.6) is 0 Å². The normalized spacial score (nSPS) is 12.9. The van der Waals surface area contributed by atoms with Crippen LogP contribution >= 0.6 is 23.1 Å². The van der Waals surface area contributed by atoms with E-state index in [4.69, 9.17) is 0 Å². The Morgan fingerprint density at radius 1 is 1.58 bits per heavy atom. The third-order valence-corrected chi connectivity index (χ3v) is 4.72. The lowest BCUT2D eigenvalue weighted by Gasteiger charge is -2.12. The Balaban J connectivity index is 1.92. The summed E-state index contributed by atoms with van der Waals surface area (Å²) in [5, 5.41) is 5.30. The lowest BCUT2D eigenvalue weighted by atomic mass is 10.2. The van der Waals surface area contributed by atoms with Crippen molar-refractivity contribution in [2.75, 3.05) is 11.5 Å². The quantitative estimate of drug-likeness (QED) is 0.771. The van der Waals surface area contributed by atoms with E-state index in [1.165, 1.54) is 11.3 Å². The maximum absolute atomic E-state index is 11.8. The number of rotatable bonds is 7. The van der Waals surface area contributed by atoms with E-state index in [1.54, 1.807) is 0 Å². The highest BCUT2D eigenvalue weighted by molar-refractivity contribution is 7.99. The number of thioether (sulfide) groups is 1. The van der Waals surface area contributed by atoms with Gasteiger partial charge in [-0.1, -0.05) is 6.92 Å². The monoisotopic (exact) mass is 297 g/mol. The first-order valence-electron chi connectivity index (χ1n) is 6.48. The zero-order valence-electron chi connectivity index (χ0n) is 11.2. The lowest BCUT2D eigenvalue weighted by Crippen LogP contribution is -2.28. The molecule has 2 aromatic rings. The molecule has 6 heteroatoms. The number of aromatic nitrogens is 2. The third-order valence-electron chi connectivity index (χ3n) is 2.88. The number of hydrogen-bond donors (Lipinski definition) is 2. The molecule has 0 radical (unpaired) electrons. The van der Waals surface area contributed by atoms with Crippen molar-refractivity contribution in [2.24, 2.45) is 0 Å². The standard InChI is InChI=1S/C13H19N3OS2/c1-3-18-6-4-9(2)14-8-11-15-10-5-7-19-12(10)13(17)16-11/h5,7,9,14H,3-4,6,8H2,1-2H3,(H,15,16,17). The second-order valence-corrected chi connectivity index (χ2v) is 6.73. The highest BCUT2D eigenvalue weighted by Crippen LogP contribution is 2.13. The van der Waals surface area contributed by atoms with Crippen LogP contribution in [0.25, 0.3) is 10.2 Å². The molecule has 2 heterocycles. The smallest absolute Gasteiger partial charge is 0.268 e. The third kappa shape index (κ3) is 4.06. The molecule has 19 heavy (non-hydrogen) atoms. The molecule has 0 fully saturated rings. The molecular formula is C13H19N3OS2. The Labute approximate surface area is 121 Å². The summed E-state index contributed by atoms with van der Waals surface area (Å²) in [6.45, 7) is 4.95. The average molecular weight is 297 g/mol. The molecule has 1 unspecified atom stereocenters. The van der Waals surface area contributed by atoms with Crippen LogP contribution < -0.4 is 10.9 Å². The van der Waals surface area contributed by atoms with Crippen molar-refractivity contribution in [3.63, 3.8) is 0 Å². The number of thiophene rings is 1. The Morgan fingerprint density at radius 2 is 2.42 bits per heavy atom. The van der Waals surface area contributed by atoms with Gasteiger partial charge in [0.1, 0.15) is 10.5 Å². The maximum atomic E-state index is 11.8. The van der Waals surface area contributed by atoms with Gasteiger partial charge in [0, 0.05) is 6.04 Å². The number of nitrogens with one attached hydrogen (secondary N) is 2. The van der Waals surface area contributed by atoms with E-state index in [-0.39, 0.29) is 5.56 Å². The molecule has 1 atom stereocenters. The Kier molecular flexibility index (Phi) is 5.42. The summed E-state index contributed by atoms with van der Waals surface area (Å²) < 4.78 is 0.705. The van der Waals surface area contributed by atoms with Gasteiger partial charge < -0.3 is 10.3 Å². The first-order valence-corrected chi connectivity index (χ1v) is 8.51. The van der Waals surface area contributed by atoms with E-state index in [0.29, 0.717) is 23.1 Å². The summed E-state index contributed by atoms with van der Waals surface area (Å²) >= 11 is 3.38. The van der Waals surface area contributed by atoms with Crippen LogP contribution in [0.4, 0.5) is 0 Å². The van der Waals surface area contributed by atoms with Crippen molar-refractivity contribution in [1.29, 1.82) is 0 Å². The van der Waals surface area contributed by atoms with Gasteiger partial charge in [0.25, 0.3) is 5.56 Å². The predicted molar refractivity (Wildman–Crippen MR) is 84.2 cm³/mol. The number of nitrogens with zero attached hydrogens (tertiary/aromatic N) is 1. The molecule has 2 N–H and O–H groups in total. The molecule has 2 rings (SSSR count). The maximum Gasteiger partial charge on any atom is 0.268 e. The minimum atomic E-state index is -0.0361. The molecule has 0 aromatic carbocycles. The number of fused-ring (bicyclic) bond motifs is 1. The van der Waals surface area contributed by atoms with Gasteiger partial charge in [0.2, 0.25) is 0 Å². The second kappa shape index (κ2) is 7.07. The van der Waals surface area contributed by atoms with E-state index < -0.39 is 0 Å². The number of aromatic amines is 1. The molecule has 2 aromatic heterocycles. The summed E-state index contributed by atoms with van der Waals surface area (Å²) in [6, 6.07) is 2.32. The molecular weight excluding hydrogens is 278 g/mol. The molecule has 0 aliphatic carbocycles. The lowest BCUT2D eigenvalue weighted by molar-refractivity contribution is 0.526. The first kappa shape index (κ1) is 14.6. The molecule has 0 saturated carbocycles. The first-order chi connectivity index (χ1) is 9.20. The van der Waals surface area contributed by atoms with Gasteiger partial charge in [0.15, 0.2) is 0 Å². The van der Waals surface area contributed by atoms with Crippen molar-refractivity contribution in [3.8, 4) is 0 Å². The van der Waals surface area contributed by atoms with Gasteiger partial charge in [-0.2, -0.15) is 11.8 Å². The second-order valence-electron chi connectivity index (χ2n) is 4.42. The molecule has 0 spiro atoms. The van der Waals surface area contributed by atoms with E-state index in [2.05, 4.69) is 29.1 Å². The summed E-state index contributed by atoms with van der Waals surface area (Å²) in [7, 11) is 0. The number of H-pyrrole nitrogens is 1. The van der Waals surface area contributed by atoms with Gasteiger partial charge in [-0.25, -0.2) is 4.98 Å². The van der Waals surface area contributed by atoms with Gasteiger partial charge in [-0.3, -0.25) is 4.79 Å². The fraction of sp³-hybridized carbons (Fsp3) is 0.538. The van der Waals surface area contributed by atoms with Crippen molar-refractivity contribution < 1.29 is 0 Å². The van der Waals surface area contributed by atoms with Crippen LogP contribution in [0.2, 0.25) is 0 Å². The van der Waals surface area contributed by atoms with Crippen molar-refractivity contribution in [2.45, 2.75) is 32.9 Å². The van der Waals surface area contributed by atoms with E-state index in [9.17, 15) is 4.79 Å². The minimum Gasteiger partial charge on any atom is -0.308 e. The highest BCUT2D eigenvalue weighted by atomic mass is 32.2. The number of hydrogen-bond acceptors (Lipinski definition) is 5. The van der Waals surface area contributed by atoms with Crippen LogP contribution in [-0.2, 0) is 6.54 Å². The van der Waals surface area contributed by atoms with E-state index >= 15 is 0 Å². The average Bonchev–Trinajstić information content (AvgIpc) is 2.85. The van der Waals surface area contributed by atoms with Crippen molar-refractivity contribution >= 4 is 33.3 Å². The summed E-state index contributed by atoms with van der Waals surface area (Å²) in [5.74, 6) is 3.04. The summed E-state index contributed by atoms with van der Waals surface area (Å²) in [4.78, 5) is 19.1. The zero-order valence-corrected chi connectivity index (χ0v) is 12.9. The SMILES string of the molecule is CCSCCC(C)NCc1nc2ccsc2c(=O)[nH]1. The van der Waals surface area contributed by atoms with Crippen molar-refractivity contribution in [1.82, 2.24) is 15.3 Å². The molecule has 4 nitrogen and oxygen atoms in total. The Morgan fingerprint density at radius 3 is 3.21 bits per heavy atom. The molecule has 104 valence electrons. The van der Waals surface area contributed by atoms with Crippen LogP contribution in [0, 0.1) is 0 Å². The predicted octanol–water partition coefficient (Wildman–Crippen LogP) is 2.61. The largest absolute Gasteiger partial charge is 0.308 e. The van der Waals surface area contributed by atoms with Crippen LogP contribution in [-0.4, -0.2) is 27.5 Å². The van der Waals surface area contributed by atoms with Gasteiger partial charge in [-0.15, -0.1) is 11.3 Å².